The van der Waals surface area contributed by atoms with Crippen LogP contribution in [0.5, 0.6) is 0 Å². The summed E-state index contributed by atoms with van der Waals surface area (Å²) >= 11 is 0. The molecule has 13 aromatic rings. The minimum Gasteiger partial charge on any atom is -0.311 e. The lowest BCUT2D eigenvalue weighted by Crippen LogP contribution is -2.65. The van der Waals surface area contributed by atoms with Gasteiger partial charge in [0.2, 0.25) is 0 Å². The van der Waals surface area contributed by atoms with E-state index in [2.05, 4.69) is 366 Å². The fourth-order valence-electron chi connectivity index (χ4n) is 14.5. The molecule has 0 saturated carbocycles. The van der Waals surface area contributed by atoms with Crippen molar-refractivity contribution in [1.82, 2.24) is 4.98 Å². The zero-order valence-corrected chi connectivity index (χ0v) is 50.3. The summed E-state index contributed by atoms with van der Waals surface area (Å²) in [5.41, 5.74) is 25.6. The van der Waals surface area contributed by atoms with E-state index in [1.807, 2.05) is 0 Å². The fraction of sp³-hybridized carbons (Fsp3) is 0.0494. The Morgan fingerprint density at radius 3 is 1.02 bits per heavy atom. The summed E-state index contributed by atoms with van der Waals surface area (Å²) in [7, 11) is 0. The normalized spacial score (nSPS) is 13.1. The lowest BCUT2D eigenvalue weighted by molar-refractivity contribution is 0.590. The number of benzene rings is 12. The van der Waals surface area contributed by atoms with Gasteiger partial charge < -0.3 is 19.6 Å². The molecule has 4 aliphatic rings. The van der Waals surface area contributed by atoms with Crippen LogP contribution < -0.4 is 62.2 Å². The highest BCUT2D eigenvalue weighted by Crippen LogP contribution is 2.51. The van der Waals surface area contributed by atoms with Crippen LogP contribution >= 0.6 is 0 Å². The Balaban J connectivity index is 0.990. The molecule has 12 aromatic carbocycles. The van der Waals surface area contributed by atoms with Crippen molar-refractivity contribution in [3.05, 3.63) is 321 Å². The minimum atomic E-state index is -0.235. The van der Waals surface area contributed by atoms with Crippen LogP contribution in [0.4, 0.5) is 103 Å². The average molecular weight is 1150 g/mol. The van der Waals surface area contributed by atoms with Crippen molar-refractivity contribution in [2.24, 2.45) is 0 Å². The molecule has 0 unspecified atom stereocenters. The molecular formula is C81H61B2N7. The van der Waals surface area contributed by atoms with Gasteiger partial charge in [-0.3, -0.25) is 9.80 Å². The summed E-state index contributed by atoms with van der Waals surface area (Å²) in [6, 6.07) is 116. The van der Waals surface area contributed by atoms with Gasteiger partial charge in [0.05, 0.1) is 5.69 Å². The van der Waals surface area contributed by atoms with Gasteiger partial charge in [0, 0.05) is 85.3 Å². The summed E-state index contributed by atoms with van der Waals surface area (Å²) < 4.78 is 0. The molecule has 0 amide bonds. The number of aromatic nitrogens is 1. The predicted molar refractivity (Wildman–Crippen MR) is 380 cm³/mol. The zero-order valence-electron chi connectivity index (χ0n) is 50.3. The molecule has 5 heterocycles. The topological polar surface area (TPSA) is 32.3 Å². The van der Waals surface area contributed by atoms with Gasteiger partial charge in [0.15, 0.2) is 0 Å². The lowest BCUT2D eigenvalue weighted by Gasteiger charge is -2.47. The molecule has 0 spiro atoms. The molecule has 0 radical (unpaired) electrons. The van der Waals surface area contributed by atoms with Crippen LogP contribution in [0.25, 0.3) is 0 Å². The fourth-order valence-corrected chi connectivity index (χ4v) is 14.5. The Labute approximate surface area is 527 Å². The molecule has 17 rings (SSSR count). The first kappa shape index (κ1) is 53.0. The van der Waals surface area contributed by atoms with E-state index >= 15 is 0 Å². The second-order valence-corrected chi connectivity index (χ2v) is 24.8. The van der Waals surface area contributed by atoms with Crippen LogP contribution in [0.2, 0.25) is 0 Å². The van der Waals surface area contributed by atoms with Gasteiger partial charge in [0.1, 0.15) is 11.6 Å². The lowest BCUT2D eigenvalue weighted by atomic mass is 9.30. The average Bonchev–Trinajstić information content (AvgIpc) is 0.689. The highest BCUT2D eigenvalue weighted by Gasteiger charge is 2.50. The van der Waals surface area contributed by atoms with Crippen LogP contribution in [0.3, 0.4) is 0 Å². The maximum atomic E-state index is 6.38. The molecule has 1 aromatic heterocycles. The van der Waals surface area contributed by atoms with E-state index in [1.165, 1.54) is 27.4 Å². The van der Waals surface area contributed by atoms with Crippen LogP contribution in [0.15, 0.2) is 315 Å². The summed E-state index contributed by atoms with van der Waals surface area (Å²) in [6.45, 7) is 6.56. The number of hydrogen-bond donors (Lipinski definition) is 0. The van der Waals surface area contributed by atoms with Crippen molar-refractivity contribution in [3.63, 3.8) is 0 Å². The van der Waals surface area contributed by atoms with Gasteiger partial charge >= 0.3 is 0 Å². The van der Waals surface area contributed by atoms with Crippen molar-refractivity contribution in [2.75, 3.05) is 29.4 Å². The Morgan fingerprint density at radius 2 is 0.589 bits per heavy atom. The summed E-state index contributed by atoms with van der Waals surface area (Å²) in [6.07, 6.45) is 0. The van der Waals surface area contributed by atoms with Crippen molar-refractivity contribution in [2.45, 2.75) is 26.2 Å². The van der Waals surface area contributed by atoms with Gasteiger partial charge in [0.25, 0.3) is 13.4 Å². The number of hydrogen-bond acceptors (Lipinski definition) is 7. The van der Waals surface area contributed by atoms with Gasteiger partial charge in [-0.15, -0.1) is 0 Å². The van der Waals surface area contributed by atoms with Crippen LogP contribution in [0.1, 0.15) is 26.3 Å². The molecule has 7 nitrogen and oxygen atoms in total. The largest absolute Gasteiger partial charge is 0.311 e. The second-order valence-electron chi connectivity index (χ2n) is 24.8. The summed E-state index contributed by atoms with van der Waals surface area (Å²) in [5, 5.41) is 0. The Kier molecular flexibility index (Phi) is 12.5. The van der Waals surface area contributed by atoms with Crippen LogP contribution in [0, 0.1) is 0 Å². The highest BCUT2D eigenvalue weighted by molar-refractivity contribution is 7.03. The molecule has 0 atom stereocenters. The van der Waals surface area contributed by atoms with Crippen molar-refractivity contribution >= 4 is 149 Å². The van der Waals surface area contributed by atoms with E-state index in [1.54, 1.807) is 0 Å². The van der Waals surface area contributed by atoms with Gasteiger partial charge in [-0.2, -0.15) is 0 Å². The molecule has 426 valence electrons. The van der Waals surface area contributed by atoms with Crippen molar-refractivity contribution < 1.29 is 0 Å². The van der Waals surface area contributed by atoms with E-state index in [-0.39, 0.29) is 18.8 Å². The molecule has 0 fully saturated rings. The standard InChI is InChI=1S/C81H61B2N7/c1-81(2,3)56-50-73-77-74(51-56)89(63-42-24-10-25-43-63)79-70(83(77)68-49-48-65(52-72(68)88(73)62-40-22-9-23-41-62)85(57-30-12-4-13-31-57)58-32-14-5-15-33-58)55-69-80(84-79)90(64-44-26-11-27-45-64)76-54-66(86(59-34-16-6-17-35-59)60-36-18-7-19-37-60)53-75-78(76)82(69)67-46-28-29-47-71(67)87(75)61-38-20-8-21-39-61/h4-55H,1-3H3. The van der Waals surface area contributed by atoms with Crippen molar-refractivity contribution in [1.29, 1.82) is 0 Å². The number of para-hydroxylation sites is 9. The van der Waals surface area contributed by atoms with Gasteiger partial charge in [-0.05, 0) is 183 Å². The first-order chi connectivity index (χ1) is 44.3. The summed E-state index contributed by atoms with van der Waals surface area (Å²) in [5.74, 6) is 1.79. The molecule has 9 heteroatoms. The van der Waals surface area contributed by atoms with E-state index in [4.69, 9.17) is 4.98 Å². The maximum Gasteiger partial charge on any atom is 0.254 e. The number of fused-ring (bicyclic) bond motifs is 8. The predicted octanol–water partition coefficient (Wildman–Crippen LogP) is 17.5. The first-order valence-corrected chi connectivity index (χ1v) is 31.2. The zero-order chi connectivity index (χ0) is 60.0. The van der Waals surface area contributed by atoms with Crippen molar-refractivity contribution in [3.8, 4) is 0 Å². The molecule has 4 aliphatic heterocycles. The maximum absolute atomic E-state index is 6.38. The molecule has 0 saturated heterocycles. The molecule has 0 bridgehead atoms. The van der Waals surface area contributed by atoms with Crippen LogP contribution in [-0.4, -0.2) is 18.4 Å². The molecular weight excluding hydrogens is 1090 g/mol. The van der Waals surface area contributed by atoms with E-state index < -0.39 is 0 Å². The molecule has 0 aliphatic carbocycles. The van der Waals surface area contributed by atoms with E-state index in [0.29, 0.717) is 0 Å². The Hall–Kier alpha value is -11.3. The number of pyridine rings is 1. The van der Waals surface area contributed by atoms with Gasteiger partial charge in [-0.25, -0.2) is 4.98 Å². The molecule has 0 N–H and O–H groups in total. The van der Waals surface area contributed by atoms with E-state index in [9.17, 15) is 0 Å². The number of rotatable bonds is 10. The SMILES string of the molecule is CC(C)(C)c1cc2c3c(c1)N(c1ccccc1)c1nc4c(cc1B3c1ccc(N(c3ccccc3)c3ccccc3)cc1N2c1ccccc1)B1c2ccccc2N(c2ccccc2)c2cc(N(c3ccccc3)c3ccccc3)cc(c21)N4c1ccccc1. The van der Waals surface area contributed by atoms with Gasteiger partial charge in [-0.1, -0.05) is 197 Å². The monoisotopic (exact) mass is 1150 g/mol. The van der Waals surface area contributed by atoms with Crippen LogP contribution in [-0.2, 0) is 5.41 Å². The van der Waals surface area contributed by atoms with E-state index in [0.717, 1.165) is 114 Å². The minimum absolute atomic E-state index is 0.222. The smallest absolute Gasteiger partial charge is 0.254 e. The second kappa shape index (κ2) is 21.3. The third kappa shape index (κ3) is 8.56. The number of nitrogens with zero attached hydrogens (tertiary/aromatic N) is 7. The highest BCUT2D eigenvalue weighted by atomic mass is 15.3. The Bertz CT molecular complexity index is 4770. The molecule has 90 heavy (non-hydrogen) atoms. The third-order valence-electron chi connectivity index (χ3n) is 18.4. The number of anilines is 18. The summed E-state index contributed by atoms with van der Waals surface area (Å²) in [4.78, 5) is 21.2. The third-order valence-corrected chi connectivity index (χ3v) is 18.4. The quantitative estimate of drug-likeness (QED) is 0.126. The first-order valence-electron chi connectivity index (χ1n) is 31.2. The Morgan fingerprint density at radius 1 is 0.267 bits per heavy atom.